The van der Waals surface area contributed by atoms with Crippen molar-refractivity contribution in [2.45, 2.75) is 38.8 Å². The van der Waals surface area contributed by atoms with E-state index in [0.717, 1.165) is 18.5 Å². The van der Waals surface area contributed by atoms with Crippen molar-refractivity contribution in [3.63, 3.8) is 0 Å². The number of hydrogen-bond donors (Lipinski definition) is 1. The molecule has 160 valence electrons. The number of carbonyl (C=O) groups excluding carboxylic acids is 2. The van der Waals surface area contributed by atoms with Gasteiger partial charge in [0.05, 0.1) is 30.0 Å². The minimum absolute atomic E-state index is 0.0373. The van der Waals surface area contributed by atoms with Crippen LogP contribution in [0.1, 0.15) is 36.9 Å². The quantitative estimate of drug-likeness (QED) is 0.680. The summed E-state index contributed by atoms with van der Waals surface area (Å²) in [6, 6.07) is 7.73. The highest BCUT2D eigenvalue weighted by atomic mass is 19.1. The van der Waals surface area contributed by atoms with Crippen molar-refractivity contribution in [1.29, 1.82) is 0 Å². The Morgan fingerprint density at radius 3 is 2.71 bits per heavy atom. The van der Waals surface area contributed by atoms with E-state index in [-0.39, 0.29) is 29.7 Å². The van der Waals surface area contributed by atoms with Crippen molar-refractivity contribution in [3.8, 4) is 11.3 Å². The van der Waals surface area contributed by atoms with Crippen LogP contribution in [0.2, 0.25) is 0 Å². The predicted molar refractivity (Wildman–Crippen MR) is 111 cm³/mol. The number of nitrogens with one attached hydrogen (secondary N) is 1. The molecule has 0 spiro atoms. The summed E-state index contributed by atoms with van der Waals surface area (Å²) < 4.78 is 14.5. The summed E-state index contributed by atoms with van der Waals surface area (Å²) in [5.41, 5.74) is 2.76. The Morgan fingerprint density at radius 2 is 1.97 bits per heavy atom. The van der Waals surface area contributed by atoms with E-state index < -0.39 is 0 Å². The fourth-order valence-corrected chi connectivity index (χ4v) is 4.30. The molecule has 5 rings (SSSR count). The molecule has 3 aromatic rings. The molecule has 0 radical (unpaired) electrons. The van der Waals surface area contributed by atoms with Gasteiger partial charge < -0.3 is 9.80 Å². The minimum Gasteiger partial charge on any atom is -0.343 e. The van der Waals surface area contributed by atoms with Crippen LogP contribution < -0.4 is 5.56 Å². The maximum absolute atomic E-state index is 13.2. The first-order chi connectivity index (χ1) is 15.0. The molecule has 2 aliphatic rings. The van der Waals surface area contributed by atoms with Crippen LogP contribution in [-0.2, 0) is 22.7 Å². The lowest BCUT2D eigenvalue weighted by molar-refractivity contribution is -0.133. The molecule has 0 bridgehead atoms. The van der Waals surface area contributed by atoms with E-state index in [4.69, 9.17) is 0 Å². The standard InChI is InChI=1S/C22H22FN5O3/c23-15-7-5-14(6-8-15)17-11-19-24-18-13-27(12-16(18)22(31)28(19)25-17)21(30)4-2-10-26-9-1-3-20(26)29/h5-8,11,25H,1-4,9-10,12-13H2. The number of fused-ring (bicyclic) bond motifs is 2. The van der Waals surface area contributed by atoms with Crippen LogP contribution in [0.15, 0.2) is 35.1 Å². The third kappa shape index (κ3) is 3.60. The molecule has 8 nitrogen and oxygen atoms in total. The Labute approximate surface area is 177 Å². The lowest BCUT2D eigenvalue weighted by Gasteiger charge is -2.17. The van der Waals surface area contributed by atoms with Gasteiger partial charge in [0.1, 0.15) is 5.82 Å². The van der Waals surface area contributed by atoms with E-state index in [2.05, 4.69) is 10.1 Å². The van der Waals surface area contributed by atoms with Gasteiger partial charge in [-0.25, -0.2) is 13.9 Å². The highest BCUT2D eigenvalue weighted by molar-refractivity contribution is 5.79. The van der Waals surface area contributed by atoms with Gasteiger partial charge in [-0.2, -0.15) is 0 Å². The average Bonchev–Trinajstić information content (AvgIpc) is 3.47. The number of aromatic amines is 1. The Bertz CT molecular complexity index is 1230. The van der Waals surface area contributed by atoms with Crippen LogP contribution in [0.25, 0.3) is 16.9 Å². The number of H-pyrrole nitrogens is 1. The molecule has 0 aliphatic carbocycles. The van der Waals surface area contributed by atoms with Crippen LogP contribution in [0.4, 0.5) is 4.39 Å². The van der Waals surface area contributed by atoms with Crippen LogP contribution >= 0.6 is 0 Å². The summed E-state index contributed by atoms with van der Waals surface area (Å²) >= 11 is 0. The number of hydrogen-bond acceptors (Lipinski definition) is 4. The summed E-state index contributed by atoms with van der Waals surface area (Å²) in [5, 5.41) is 3.02. The van der Waals surface area contributed by atoms with E-state index in [1.54, 1.807) is 28.0 Å². The average molecular weight is 423 g/mol. The highest BCUT2D eigenvalue weighted by Crippen LogP contribution is 2.23. The topological polar surface area (TPSA) is 90.8 Å². The number of likely N-dealkylation sites (tertiary alicyclic amines) is 1. The SMILES string of the molecule is O=C1CCCN1CCCC(=O)N1Cc2nc3cc(-c4ccc(F)cc4)[nH]n3c(=O)c2C1. The van der Waals surface area contributed by atoms with Crippen LogP contribution in [0.3, 0.4) is 0 Å². The van der Waals surface area contributed by atoms with Crippen LogP contribution in [-0.4, -0.2) is 49.3 Å². The summed E-state index contributed by atoms with van der Waals surface area (Å²) in [4.78, 5) is 45.3. The van der Waals surface area contributed by atoms with Gasteiger partial charge in [0.2, 0.25) is 11.8 Å². The summed E-state index contributed by atoms with van der Waals surface area (Å²) in [6.45, 7) is 1.91. The Kier molecular flexibility index (Phi) is 4.80. The van der Waals surface area contributed by atoms with E-state index in [1.165, 1.54) is 16.6 Å². The number of aromatic nitrogens is 3. The second kappa shape index (κ2) is 7.64. The summed E-state index contributed by atoms with van der Waals surface area (Å²) in [5.74, 6) is -0.205. The third-order valence-electron chi connectivity index (χ3n) is 5.98. The molecule has 9 heteroatoms. The molecule has 0 saturated carbocycles. The molecule has 4 heterocycles. The molecule has 2 aromatic heterocycles. The van der Waals surface area contributed by atoms with E-state index in [9.17, 15) is 18.8 Å². The Balaban J connectivity index is 1.29. The normalized spacial score (nSPS) is 15.8. The zero-order valence-corrected chi connectivity index (χ0v) is 16.9. The second-order valence-corrected chi connectivity index (χ2v) is 8.05. The minimum atomic E-state index is -0.328. The van der Waals surface area contributed by atoms with Gasteiger partial charge >= 0.3 is 0 Å². The molecule has 1 aromatic carbocycles. The van der Waals surface area contributed by atoms with Crippen molar-refractivity contribution in [2.24, 2.45) is 0 Å². The largest absolute Gasteiger partial charge is 0.343 e. The molecule has 2 amide bonds. The van der Waals surface area contributed by atoms with Crippen molar-refractivity contribution in [1.82, 2.24) is 24.4 Å². The van der Waals surface area contributed by atoms with Gasteiger partial charge in [-0.1, -0.05) is 0 Å². The zero-order chi connectivity index (χ0) is 21.5. The molecule has 1 fully saturated rings. The molecular weight excluding hydrogens is 401 g/mol. The number of nitrogens with zero attached hydrogens (tertiary/aromatic N) is 4. The number of carbonyl (C=O) groups is 2. The maximum atomic E-state index is 13.2. The van der Waals surface area contributed by atoms with Crippen molar-refractivity contribution in [2.75, 3.05) is 13.1 Å². The van der Waals surface area contributed by atoms with E-state index in [1.807, 2.05) is 0 Å². The lowest BCUT2D eigenvalue weighted by atomic mass is 10.1. The zero-order valence-electron chi connectivity index (χ0n) is 16.9. The lowest BCUT2D eigenvalue weighted by Crippen LogP contribution is -2.29. The number of halogens is 1. The Hall–Kier alpha value is -3.49. The summed E-state index contributed by atoms with van der Waals surface area (Å²) in [6.07, 6.45) is 2.44. The fraction of sp³-hybridized carbons (Fsp3) is 0.364. The number of rotatable bonds is 5. The highest BCUT2D eigenvalue weighted by Gasteiger charge is 2.28. The van der Waals surface area contributed by atoms with E-state index in [0.29, 0.717) is 55.0 Å². The first kappa shape index (κ1) is 19.5. The molecular formula is C22H22FN5O3. The van der Waals surface area contributed by atoms with Crippen LogP contribution in [0.5, 0.6) is 0 Å². The molecule has 31 heavy (non-hydrogen) atoms. The van der Waals surface area contributed by atoms with Gasteiger partial charge in [-0.15, -0.1) is 0 Å². The molecule has 0 atom stereocenters. The third-order valence-corrected chi connectivity index (χ3v) is 5.98. The van der Waals surface area contributed by atoms with Gasteiger partial charge in [-0.3, -0.25) is 19.5 Å². The van der Waals surface area contributed by atoms with Crippen molar-refractivity contribution in [3.05, 3.63) is 57.8 Å². The predicted octanol–water partition coefficient (Wildman–Crippen LogP) is 2.07. The second-order valence-electron chi connectivity index (χ2n) is 8.05. The molecule has 1 saturated heterocycles. The molecule has 2 aliphatic heterocycles. The summed E-state index contributed by atoms with van der Waals surface area (Å²) in [7, 11) is 0. The first-order valence-corrected chi connectivity index (χ1v) is 10.4. The fourth-order valence-electron chi connectivity index (χ4n) is 4.30. The van der Waals surface area contributed by atoms with E-state index >= 15 is 0 Å². The maximum Gasteiger partial charge on any atom is 0.278 e. The van der Waals surface area contributed by atoms with Gasteiger partial charge in [-0.05, 0) is 42.7 Å². The first-order valence-electron chi connectivity index (χ1n) is 10.4. The van der Waals surface area contributed by atoms with Crippen molar-refractivity contribution < 1.29 is 14.0 Å². The van der Waals surface area contributed by atoms with Crippen molar-refractivity contribution >= 4 is 17.5 Å². The number of amides is 2. The number of benzene rings is 1. The smallest absolute Gasteiger partial charge is 0.278 e. The monoisotopic (exact) mass is 423 g/mol. The van der Waals surface area contributed by atoms with Crippen LogP contribution in [0, 0.1) is 5.82 Å². The Morgan fingerprint density at radius 1 is 1.16 bits per heavy atom. The molecule has 1 N–H and O–H groups in total. The van der Waals surface area contributed by atoms with Gasteiger partial charge in [0, 0.05) is 32.0 Å². The van der Waals surface area contributed by atoms with Gasteiger partial charge in [0.15, 0.2) is 5.65 Å². The van der Waals surface area contributed by atoms with Gasteiger partial charge in [0.25, 0.3) is 5.56 Å². The molecule has 0 unspecified atom stereocenters.